The van der Waals surface area contributed by atoms with Crippen molar-refractivity contribution in [1.29, 1.82) is 0 Å². The van der Waals surface area contributed by atoms with Crippen molar-refractivity contribution in [2.45, 2.75) is 13.8 Å². The SMILES string of the molecule is Cc1cccc(C)c1OCC(=O)Nc1ccccc1Br. The lowest BCUT2D eigenvalue weighted by atomic mass is 10.1. The van der Waals surface area contributed by atoms with Gasteiger partial charge in [-0.15, -0.1) is 0 Å². The normalized spacial score (nSPS) is 10.2. The van der Waals surface area contributed by atoms with E-state index >= 15 is 0 Å². The summed E-state index contributed by atoms with van der Waals surface area (Å²) in [5, 5.41) is 2.81. The van der Waals surface area contributed by atoms with Crippen LogP contribution in [-0.2, 0) is 4.79 Å². The third-order valence-corrected chi connectivity index (χ3v) is 3.60. The van der Waals surface area contributed by atoms with E-state index in [1.807, 2.05) is 56.3 Å². The van der Waals surface area contributed by atoms with Gasteiger partial charge in [-0.2, -0.15) is 0 Å². The smallest absolute Gasteiger partial charge is 0.262 e. The summed E-state index contributed by atoms with van der Waals surface area (Å²) in [5.74, 6) is 0.592. The van der Waals surface area contributed by atoms with Crippen molar-refractivity contribution in [2.75, 3.05) is 11.9 Å². The number of aryl methyl sites for hydroxylation is 2. The molecule has 0 saturated carbocycles. The Morgan fingerprint density at radius 1 is 1.10 bits per heavy atom. The lowest BCUT2D eigenvalue weighted by Gasteiger charge is -2.12. The van der Waals surface area contributed by atoms with Crippen molar-refractivity contribution in [3.63, 3.8) is 0 Å². The fourth-order valence-electron chi connectivity index (χ4n) is 1.91. The standard InChI is InChI=1S/C16H16BrNO2/c1-11-6-5-7-12(2)16(11)20-10-15(19)18-14-9-4-3-8-13(14)17/h3-9H,10H2,1-2H3,(H,18,19). The maximum atomic E-state index is 11.9. The molecule has 2 aromatic rings. The van der Waals surface area contributed by atoms with E-state index in [2.05, 4.69) is 21.2 Å². The number of benzene rings is 2. The molecule has 3 nitrogen and oxygen atoms in total. The molecule has 104 valence electrons. The number of amides is 1. The molecule has 0 aromatic heterocycles. The van der Waals surface area contributed by atoms with E-state index in [9.17, 15) is 4.79 Å². The van der Waals surface area contributed by atoms with Gasteiger partial charge in [-0.1, -0.05) is 30.3 Å². The molecule has 1 N–H and O–H groups in total. The number of nitrogens with one attached hydrogen (secondary N) is 1. The molecule has 2 rings (SSSR count). The summed E-state index contributed by atoms with van der Waals surface area (Å²) in [6, 6.07) is 13.4. The zero-order valence-corrected chi connectivity index (χ0v) is 13.0. The second kappa shape index (κ2) is 6.57. The molecule has 0 aliphatic carbocycles. The van der Waals surface area contributed by atoms with E-state index in [0.717, 1.165) is 27.0 Å². The second-order valence-corrected chi connectivity index (χ2v) is 5.39. The van der Waals surface area contributed by atoms with Gasteiger partial charge in [0.1, 0.15) is 5.75 Å². The molecule has 0 fully saturated rings. The molecule has 4 heteroatoms. The summed E-state index contributed by atoms with van der Waals surface area (Å²) in [4.78, 5) is 11.9. The highest BCUT2D eigenvalue weighted by Crippen LogP contribution is 2.23. The number of anilines is 1. The van der Waals surface area contributed by atoms with E-state index in [1.54, 1.807) is 0 Å². The summed E-state index contributed by atoms with van der Waals surface area (Å²) in [5.41, 5.74) is 2.79. The van der Waals surface area contributed by atoms with E-state index in [4.69, 9.17) is 4.74 Å². The molecule has 0 aliphatic heterocycles. The minimum absolute atomic E-state index is 0.00692. The van der Waals surface area contributed by atoms with Crippen molar-refractivity contribution in [2.24, 2.45) is 0 Å². The Morgan fingerprint density at radius 3 is 2.40 bits per heavy atom. The van der Waals surface area contributed by atoms with Crippen LogP contribution in [0.5, 0.6) is 5.75 Å². The van der Waals surface area contributed by atoms with E-state index in [-0.39, 0.29) is 12.5 Å². The van der Waals surface area contributed by atoms with Crippen molar-refractivity contribution < 1.29 is 9.53 Å². The van der Waals surface area contributed by atoms with Gasteiger partial charge in [0.2, 0.25) is 0 Å². The highest BCUT2D eigenvalue weighted by molar-refractivity contribution is 9.10. The van der Waals surface area contributed by atoms with Crippen molar-refractivity contribution in [3.8, 4) is 5.75 Å². The van der Waals surface area contributed by atoms with Crippen molar-refractivity contribution in [1.82, 2.24) is 0 Å². The zero-order chi connectivity index (χ0) is 14.5. The Hall–Kier alpha value is -1.81. The average Bonchev–Trinajstić information content (AvgIpc) is 2.41. The lowest BCUT2D eigenvalue weighted by Crippen LogP contribution is -2.20. The van der Waals surface area contributed by atoms with Crippen LogP contribution in [0.2, 0.25) is 0 Å². The van der Waals surface area contributed by atoms with Crippen molar-refractivity contribution in [3.05, 3.63) is 58.1 Å². The first-order valence-corrected chi connectivity index (χ1v) is 7.10. The summed E-state index contributed by atoms with van der Waals surface area (Å²) < 4.78 is 6.46. The highest BCUT2D eigenvalue weighted by Gasteiger charge is 2.08. The van der Waals surface area contributed by atoms with E-state index in [1.165, 1.54) is 0 Å². The fraction of sp³-hybridized carbons (Fsp3) is 0.188. The third-order valence-electron chi connectivity index (χ3n) is 2.90. The Labute approximate surface area is 127 Å². The summed E-state index contributed by atoms with van der Waals surface area (Å²) in [6.45, 7) is 3.93. The van der Waals surface area contributed by atoms with Gasteiger partial charge in [0.05, 0.1) is 5.69 Å². The monoisotopic (exact) mass is 333 g/mol. The predicted molar refractivity (Wildman–Crippen MR) is 84.2 cm³/mol. The second-order valence-electron chi connectivity index (χ2n) is 4.54. The first-order valence-electron chi connectivity index (χ1n) is 6.31. The minimum atomic E-state index is -0.181. The average molecular weight is 334 g/mol. The molecule has 20 heavy (non-hydrogen) atoms. The predicted octanol–water partition coefficient (Wildman–Crippen LogP) is 4.08. The molecule has 0 aliphatic rings. The first kappa shape index (κ1) is 14.6. The van der Waals surface area contributed by atoms with E-state index in [0.29, 0.717) is 0 Å². The first-order chi connectivity index (χ1) is 9.58. The number of hydrogen-bond acceptors (Lipinski definition) is 2. The van der Waals surface area contributed by atoms with Crippen molar-refractivity contribution >= 4 is 27.5 Å². The van der Waals surface area contributed by atoms with Gasteiger partial charge in [-0.25, -0.2) is 0 Å². The van der Waals surface area contributed by atoms with Gasteiger partial charge < -0.3 is 10.1 Å². The molecular formula is C16H16BrNO2. The van der Waals surface area contributed by atoms with Gasteiger partial charge in [0.25, 0.3) is 5.91 Å². The van der Waals surface area contributed by atoms with Crippen LogP contribution in [0.1, 0.15) is 11.1 Å². The summed E-state index contributed by atoms with van der Waals surface area (Å²) >= 11 is 3.39. The van der Waals surface area contributed by atoms with Gasteiger partial charge in [-0.05, 0) is 53.0 Å². The largest absolute Gasteiger partial charge is 0.483 e. The van der Waals surface area contributed by atoms with Crippen LogP contribution < -0.4 is 10.1 Å². The molecular weight excluding hydrogens is 318 g/mol. The van der Waals surface area contributed by atoms with E-state index < -0.39 is 0 Å². The highest BCUT2D eigenvalue weighted by atomic mass is 79.9. The molecule has 0 heterocycles. The van der Waals surface area contributed by atoms with Crippen LogP contribution in [0.3, 0.4) is 0 Å². The maximum absolute atomic E-state index is 11.9. The van der Waals surface area contributed by atoms with Gasteiger partial charge in [0, 0.05) is 4.47 Å². The summed E-state index contributed by atoms with van der Waals surface area (Å²) in [7, 11) is 0. The van der Waals surface area contributed by atoms with Crippen LogP contribution in [0.25, 0.3) is 0 Å². The number of carbonyl (C=O) groups excluding carboxylic acids is 1. The van der Waals surface area contributed by atoms with Gasteiger partial charge >= 0.3 is 0 Å². The molecule has 0 bridgehead atoms. The Balaban J connectivity index is 1.98. The number of carbonyl (C=O) groups is 1. The van der Waals surface area contributed by atoms with Crippen LogP contribution in [-0.4, -0.2) is 12.5 Å². The summed E-state index contributed by atoms with van der Waals surface area (Å²) in [6.07, 6.45) is 0. The fourth-order valence-corrected chi connectivity index (χ4v) is 2.30. The zero-order valence-electron chi connectivity index (χ0n) is 11.4. The lowest BCUT2D eigenvalue weighted by molar-refractivity contribution is -0.118. The number of hydrogen-bond donors (Lipinski definition) is 1. The number of ether oxygens (including phenoxy) is 1. The van der Waals surface area contributed by atoms with Gasteiger partial charge in [-0.3, -0.25) is 4.79 Å². The molecule has 0 saturated heterocycles. The molecule has 0 radical (unpaired) electrons. The Kier molecular flexibility index (Phi) is 4.79. The number of rotatable bonds is 4. The van der Waals surface area contributed by atoms with Crippen LogP contribution >= 0.6 is 15.9 Å². The Bertz CT molecular complexity index is 605. The molecule has 0 atom stereocenters. The Morgan fingerprint density at radius 2 is 1.75 bits per heavy atom. The molecule has 2 aromatic carbocycles. The molecule has 1 amide bonds. The molecule has 0 unspecified atom stereocenters. The van der Waals surface area contributed by atoms with Crippen LogP contribution in [0, 0.1) is 13.8 Å². The maximum Gasteiger partial charge on any atom is 0.262 e. The quantitative estimate of drug-likeness (QED) is 0.915. The van der Waals surface area contributed by atoms with Gasteiger partial charge in [0.15, 0.2) is 6.61 Å². The topological polar surface area (TPSA) is 38.3 Å². The minimum Gasteiger partial charge on any atom is -0.483 e. The molecule has 0 spiro atoms. The van der Waals surface area contributed by atoms with Crippen LogP contribution in [0.15, 0.2) is 46.9 Å². The third kappa shape index (κ3) is 3.61. The number of halogens is 1. The van der Waals surface area contributed by atoms with Crippen LogP contribution in [0.4, 0.5) is 5.69 Å². The number of para-hydroxylation sites is 2.